The van der Waals surface area contributed by atoms with Crippen LogP contribution in [0.25, 0.3) is 0 Å². The van der Waals surface area contributed by atoms with E-state index in [4.69, 9.17) is 10.5 Å². The molecule has 20 heavy (non-hydrogen) atoms. The van der Waals surface area contributed by atoms with Crippen LogP contribution in [0.1, 0.15) is 24.4 Å². The second-order valence-corrected chi connectivity index (χ2v) is 5.58. The van der Waals surface area contributed by atoms with Crippen LogP contribution in [0.15, 0.2) is 24.3 Å². The SMILES string of the molecule is NC1CCN(CC(=O)NC2COc3ccccc32)CC1. The van der Waals surface area contributed by atoms with E-state index in [-0.39, 0.29) is 11.9 Å². The quantitative estimate of drug-likeness (QED) is 0.850. The van der Waals surface area contributed by atoms with Gasteiger partial charge in [-0.25, -0.2) is 0 Å². The molecule has 0 radical (unpaired) electrons. The summed E-state index contributed by atoms with van der Waals surface area (Å²) in [5.41, 5.74) is 6.94. The van der Waals surface area contributed by atoms with Gasteiger partial charge >= 0.3 is 0 Å². The third kappa shape index (κ3) is 2.94. The van der Waals surface area contributed by atoms with Crippen molar-refractivity contribution in [1.82, 2.24) is 10.2 Å². The fraction of sp³-hybridized carbons (Fsp3) is 0.533. The first-order valence-electron chi connectivity index (χ1n) is 7.21. The number of carbonyl (C=O) groups is 1. The summed E-state index contributed by atoms with van der Waals surface area (Å²) in [6.07, 6.45) is 1.95. The summed E-state index contributed by atoms with van der Waals surface area (Å²) < 4.78 is 5.57. The summed E-state index contributed by atoms with van der Waals surface area (Å²) in [6, 6.07) is 8.13. The third-order valence-electron chi connectivity index (χ3n) is 4.03. The van der Waals surface area contributed by atoms with Gasteiger partial charge in [0.05, 0.1) is 12.6 Å². The second-order valence-electron chi connectivity index (χ2n) is 5.58. The maximum absolute atomic E-state index is 12.1. The van der Waals surface area contributed by atoms with Crippen LogP contribution in [0.5, 0.6) is 5.75 Å². The fourth-order valence-electron chi connectivity index (χ4n) is 2.84. The van der Waals surface area contributed by atoms with E-state index in [0.717, 1.165) is 37.2 Å². The maximum Gasteiger partial charge on any atom is 0.234 e. The number of carbonyl (C=O) groups excluding carboxylic acids is 1. The molecule has 0 aliphatic carbocycles. The number of fused-ring (bicyclic) bond motifs is 1. The van der Waals surface area contributed by atoms with E-state index in [2.05, 4.69) is 10.2 Å². The first-order chi connectivity index (χ1) is 9.72. The van der Waals surface area contributed by atoms with Gasteiger partial charge in [-0.15, -0.1) is 0 Å². The summed E-state index contributed by atoms with van der Waals surface area (Å²) in [5, 5.41) is 3.06. The van der Waals surface area contributed by atoms with E-state index >= 15 is 0 Å². The van der Waals surface area contributed by atoms with Crippen molar-refractivity contribution in [2.75, 3.05) is 26.2 Å². The van der Waals surface area contributed by atoms with Crippen molar-refractivity contribution in [3.63, 3.8) is 0 Å². The topological polar surface area (TPSA) is 67.6 Å². The monoisotopic (exact) mass is 275 g/mol. The van der Waals surface area contributed by atoms with Crippen LogP contribution in [0.4, 0.5) is 0 Å². The lowest BCUT2D eigenvalue weighted by molar-refractivity contribution is -0.123. The number of nitrogens with one attached hydrogen (secondary N) is 1. The molecule has 0 bridgehead atoms. The first kappa shape index (κ1) is 13.4. The van der Waals surface area contributed by atoms with Crippen molar-refractivity contribution in [3.8, 4) is 5.75 Å². The number of rotatable bonds is 3. The Morgan fingerprint density at radius 2 is 2.10 bits per heavy atom. The lowest BCUT2D eigenvalue weighted by atomic mass is 10.1. The number of benzene rings is 1. The lowest BCUT2D eigenvalue weighted by Crippen LogP contribution is -2.45. The molecule has 5 heteroatoms. The number of ether oxygens (including phenoxy) is 1. The zero-order valence-electron chi connectivity index (χ0n) is 11.5. The number of nitrogens with zero attached hydrogens (tertiary/aromatic N) is 1. The molecule has 0 spiro atoms. The van der Waals surface area contributed by atoms with Gasteiger partial charge in [0.2, 0.25) is 5.91 Å². The molecule has 0 aromatic heterocycles. The Balaban J connectivity index is 1.53. The second kappa shape index (κ2) is 5.81. The van der Waals surface area contributed by atoms with Crippen LogP contribution in [0.2, 0.25) is 0 Å². The predicted octanol–water partition coefficient (Wildman–Crippen LogP) is 0.659. The molecule has 3 rings (SSSR count). The number of piperidine rings is 1. The maximum atomic E-state index is 12.1. The number of nitrogens with two attached hydrogens (primary N) is 1. The molecule has 1 saturated heterocycles. The smallest absolute Gasteiger partial charge is 0.234 e. The molecule has 3 N–H and O–H groups in total. The van der Waals surface area contributed by atoms with Crippen molar-refractivity contribution >= 4 is 5.91 Å². The highest BCUT2D eigenvalue weighted by atomic mass is 16.5. The molecule has 1 fully saturated rings. The number of hydrogen-bond donors (Lipinski definition) is 2. The standard InChI is InChI=1S/C15H21N3O2/c16-11-5-7-18(8-6-11)9-15(19)17-13-10-20-14-4-2-1-3-12(13)14/h1-4,11,13H,5-10,16H2,(H,17,19). The number of para-hydroxylation sites is 1. The molecule has 5 nitrogen and oxygen atoms in total. The minimum atomic E-state index is -0.0225. The van der Waals surface area contributed by atoms with Crippen molar-refractivity contribution < 1.29 is 9.53 Å². The molecule has 1 amide bonds. The summed E-state index contributed by atoms with van der Waals surface area (Å²) in [7, 11) is 0. The molecule has 2 heterocycles. The minimum Gasteiger partial charge on any atom is -0.491 e. The van der Waals surface area contributed by atoms with Crippen LogP contribution in [0.3, 0.4) is 0 Å². The van der Waals surface area contributed by atoms with E-state index < -0.39 is 0 Å². The van der Waals surface area contributed by atoms with Crippen LogP contribution in [-0.4, -0.2) is 43.1 Å². The van der Waals surface area contributed by atoms with Gasteiger partial charge in [-0.3, -0.25) is 9.69 Å². The Bertz CT molecular complexity index is 484. The van der Waals surface area contributed by atoms with E-state index in [9.17, 15) is 4.79 Å². The zero-order valence-corrected chi connectivity index (χ0v) is 11.5. The van der Waals surface area contributed by atoms with E-state index in [1.54, 1.807) is 0 Å². The van der Waals surface area contributed by atoms with Crippen LogP contribution in [0, 0.1) is 0 Å². The van der Waals surface area contributed by atoms with Gasteiger partial charge in [0.1, 0.15) is 12.4 Å². The first-order valence-corrected chi connectivity index (χ1v) is 7.21. The summed E-state index contributed by atoms with van der Waals surface area (Å²) >= 11 is 0. The number of hydrogen-bond acceptors (Lipinski definition) is 4. The van der Waals surface area contributed by atoms with Gasteiger partial charge in [-0.05, 0) is 18.9 Å². The van der Waals surface area contributed by atoms with Crippen LogP contribution >= 0.6 is 0 Å². The summed E-state index contributed by atoms with van der Waals surface area (Å²) in [6.45, 7) is 2.79. The Labute approximate surface area is 119 Å². The largest absolute Gasteiger partial charge is 0.491 e. The minimum absolute atomic E-state index is 0.0225. The fourth-order valence-corrected chi connectivity index (χ4v) is 2.84. The molecule has 2 aliphatic rings. The van der Waals surface area contributed by atoms with Gasteiger partial charge in [-0.1, -0.05) is 18.2 Å². The normalized spacial score (nSPS) is 23.1. The predicted molar refractivity (Wildman–Crippen MR) is 76.5 cm³/mol. The third-order valence-corrected chi connectivity index (χ3v) is 4.03. The number of likely N-dealkylation sites (tertiary alicyclic amines) is 1. The average molecular weight is 275 g/mol. The molecule has 2 aliphatic heterocycles. The average Bonchev–Trinajstić information content (AvgIpc) is 2.85. The van der Waals surface area contributed by atoms with Crippen molar-refractivity contribution in [1.29, 1.82) is 0 Å². The highest BCUT2D eigenvalue weighted by Crippen LogP contribution is 2.31. The van der Waals surface area contributed by atoms with Crippen molar-refractivity contribution in [2.24, 2.45) is 5.73 Å². The summed E-state index contributed by atoms with van der Waals surface area (Å²) in [5.74, 6) is 0.938. The van der Waals surface area contributed by atoms with Gasteiger partial charge in [0.15, 0.2) is 0 Å². The molecule has 1 atom stereocenters. The van der Waals surface area contributed by atoms with Crippen LogP contribution in [-0.2, 0) is 4.79 Å². The van der Waals surface area contributed by atoms with Gasteiger partial charge in [0.25, 0.3) is 0 Å². The zero-order chi connectivity index (χ0) is 13.9. The molecular formula is C15H21N3O2. The molecule has 1 aromatic rings. The molecule has 1 aromatic carbocycles. The van der Waals surface area contributed by atoms with E-state index in [1.165, 1.54) is 0 Å². The molecular weight excluding hydrogens is 254 g/mol. The van der Waals surface area contributed by atoms with Crippen LogP contribution < -0.4 is 15.8 Å². The molecule has 0 saturated carbocycles. The Morgan fingerprint density at radius 3 is 2.90 bits per heavy atom. The number of amides is 1. The lowest BCUT2D eigenvalue weighted by Gasteiger charge is -2.29. The molecule has 1 unspecified atom stereocenters. The van der Waals surface area contributed by atoms with Crippen molar-refractivity contribution in [3.05, 3.63) is 29.8 Å². The van der Waals surface area contributed by atoms with E-state index in [1.807, 2.05) is 24.3 Å². The Hall–Kier alpha value is -1.59. The Morgan fingerprint density at radius 1 is 1.35 bits per heavy atom. The van der Waals surface area contributed by atoms with Gasteiger partial charge in [0, 0.05) is 24.7 Å². The molecule has 108 valence electrons. The van der Waals surface area contributed by atoms with Gasteiger partial charge < -0.3 is 15.8 Å². The highest BCUT2D eigenvalue weighted by molar-refractivity contribution is 5.78. The Kier molecular flexibility index (Phi) is 3.89. The van der Waals surface area contributed by atoms with Gasteiger partial charge in [-0.2, -0.15) is 0 Å². The summed E-state index contributed by atoms with van der Waals surface area (Å²) in [4.78, 5) is 14.3. The van der Waals surface area contributed by atoms with E-state index in [0.29, 0.717) is 19.2 Å². The van der Waals surface area contributed by atoms with Crippen molar-refractivity contribution in [2.45, 2.75) is 24.9 Å². The highest BCUT2D eigenvalue weighted by Gasteiger charge is 2.26.